The number of pyridine rings is 3. The monoisotopic (exact) mass is 1640 g/mol. The first kappa shape index (κ1) is 92.4. The number of rotatable bonds is 41. The van der Waals surface area contributed by atoms with E-state index in [1.54, 1.807) is 23.1 Å². The summed E-state index contributed by atoms with van der Waals surface area (Å²) in [7, 11) is 5.72. The van der Waals surface area contributed by atoms with Gasteiger partial charge in [-0.15, -0.1) is 0 Å². The molecule has 5 heterocycles. The number of para-hydroxylation sites is 2. The number of nitrogens with zero attached hydrogens (tertiary/aromatic N) is 10. The van der Waals surface area contributed by atoms with Crippen LogP contribution in [0.1, 0.15) is 133 Å². The van der Waals surface area contributed by atoms with E-state index in [1.807, 2.05) is 97.1 Å². The molecular formula is C85H110ClF6N13O11. The molecule has 3 aliphatic rings. The van der Waals surface area contributed by atoms with Crippen molar-refractivity contribution in [1.82, 2.24) is 54.9 Å². The lowest BCUT2D eigenvalue weighted by atomic mass is 9.95. The number of benzene rings is 3. The average molecular weight is 1640 g/mol. The third-order valence-electron chi connectivity index (χ3n) is 20.3. The van der Waals surface area contributed by atoms with E-state index < -0.39 is 79.5 Å². The van der Waals surface area contributed by atoms with Crippen LogP contribution in [0.25, 0.3) is 21.8 Å². The Morgan fingerprint density at radius 3 is 1.33 bits per heavy atom. The number of ether oxygens (including phenoxy) is 5. The van der Waals surface area contributed by atoms with Crippen LogP contribution in [-0.4, -0.2) is 227 Å². The maximum absolute atomic E-state index is 15.1. The van der Waals surface area contributed by atoms with Gasteiger partial charge in [-0.05, 0) is 180 Å². The Balaban J connectivity index is 0.000000205. The van der Waals surface area contributed by atoms with Gasteiger partial charge in [0.1, 0.15) is 48.4 Å². The lowest BCUT2D eigenvalue weighted by Gasteiger charge is -2.28. The normalized spacial score (nSPS) is 14.1. The Labute approximate surface area is 679 Å². The molecular weight excluding hydrogens is 1530 g/mol. The zero-order valence-corrected chi connectivity index (χ0v) is 67.4. The first-order chi connectivity index (χ1) is 55.8. The fraction of sp³-hybridized carbons (Fsp3) is 0.518. The van der Waals surface area contributed by atoms with E-state index in [4.69, 9.17) is 46.1 Å². The fourth-order valence-electron chi connectivity index (χ4n) is 13.8. The maximum Gasteiger partial charge on any atom is 0.408 e. The maximum atomic E-state index is 15.1. The largest absolute Gasteiger partial charge is 0.480 e. The molecule has 3 atom stereocenters. The second kappa shape index (κ2) is 47.9. The van der Waals surface area contributed by atoms with Crippen LogP contribution in [0.4, 0.5) is 37.0 Å². The number of esters is 1. The first-order valence-electron chi connectivity index (χ1n) is 39.6. The second-order valence-electron chi connectivity index (χ2n) is 29.3. The number of alkyl halides is 6. The summed E-state index contributed by atoms with van der Waals surface area (Å²) in [6.07, 6.45) is 14.5. The number of alkyl carbamates (subject to hydrolysis) is 1. The highest BCUT2D eigenvalue weighted by atomic mass is 35.5. The summed E-state index contributed by atoms with van der Waals surface area (Å²) in [4.78, 5) is 82.2. The zero-order valence-electron chi connectivity index (χ0n) is 66.7. The Bertz CT molecular complexity index is 4350. The Morgan fingerprint density at radius 1 is 0.491 bits per heavy atom. The molecule has 630 valence electrons. The number of hydrogen-bond donors (Lipinski definition) is 5. The van der Waals surface area contributed by atoms with Gasteiger partial charge in [0, 0.05) is 125 Å². The van der Waals surface area contributed by atoms with Gasteiger partial charge in [0.2, 0.25) is 0 Å². The molecule has 5 aromatic heterocycles. The Kier molecular flexibility index (Phi) is 38.2. The SMILES string of the molecule is COCCN(CC[C@H](N)C(=O)O)CC(F)(F)CCc1ccc2c(n1)CCCC2.COCCN(CC[C@H](NC(=O)OCc1ccccc1)C(=O)OC)CC(F)(F)CCc1ccc2c(n1)CCCC2.COCCN(CC[C@H](Nc1ncnc2ccccc12)C(=O)O)CC(F)(F)CCc1ccc2c(n1)CCCC2.Clc1ncnc2ccccc12. The summed E-state index contributed by atoms with van der Waals surface area (Å²) in [6, 6.07) is 32.5. The molecule has 0 radical (unpaired) electrons. The van der Waals surface area contributed by atoms with Crippen LogP contribution in [-0.2, 0) is 102 Å². The van der Waals surface area contributed by atoms with Crippen molar-refractivity contribution in [3.05, 3.63) is 189 Å². The molecule has 0 saturated carbocycles. The van der Waals surface area contributed by atoms with Crippen LogP contribution < -0.4 is 16.4 Å². The Morgan fingerprint density at radius 2 is 0.897 bits per heavy atom. The van der Waals surface area contributed by atoms with Crippen molar-refractivity contribution in [3.8, 4) is 0 Å². The van der Waals surface area contributed by atoms with Crippen molar-refractivity contribution in [2.24, 2.45) is 5.73 Å². The number of carboxylic acid groups (broad SMARTS) is 2. The predicted molar refractivity (Wildman–Crippen MR) is 432 cm³/mol. The number of nitrogens with two attached hydrogens (primary N) is 1. The number of carbonyl (C=O) groups is 4. The van der Waals surface area contributed by atoms with Gasteiger partial charge in [-0.25, -0.2) is 60.7 Å². The molecule has 0 aliphatic heterocycles. The number of aromatic nitrogens is 7. The van der Waals surface area contributed by atoms with Crippen LogP contribution in [0, 0.1) is 0 Å². The molecule has 0 unspecified atom stereocenters. The third kappa shape index (κ3) is 32.1. The van der Waals surface area contributed by atoms with Crippen LogP contribution in [0.2, 0.25) is 5.15 Å². The number of halogens is 7. The van der Waals surface area contributed by atoms with Gasteiger partial charge in [-0.2, -0.15) is 0 Å². The van der Waals surface area contributed by atoms with E-state index >= 15 is 17.6 Å². The minimum absolute atomic E-state index is 0.0336. The van der Waals surface area contributed by atoms with Gasteiger partial charge in [-0.3, -0.25) is 34.4 Å². The summed E-state index contributed by atoms with van der Waals surface area (Å²) >= 11 is 5.81. The van der Waals surface area contributed by atoms with Gasteiger partial charge in [0.15, 0.2) is 0 Å². The molecule has 116 heavy (non-hydrogen) atoms. The molecule has 8 aromatic rings. The molecule has 24 nitrogen and oxygen atoms in total. The molecule has 3 aromatic carbocycles. The van der Waals surface area contributed by atoms with Crippen molar-refractivity contribution >= 4 is 63.2 Å². The molecule has 3 aliphatic carbocycles. The molecule has 0 bridgehead atoms. The number of amides is 1. The summed E-state index contributed by atoms with van der Waals surface area (Å²) in [6.45, 7) is 0.683. The number of aliphatic carboxylic acids is 2. The summed E-state index contributed by atoms with van der Waals surface area (Å²) in [5, 5.41) is 26.3. The van der Waals surface area contributed by atoms with Crippen LogP contribution >= 0.6 is 11.6 Å². The number of carboxylic acids is 2. The minimum Gasteiger partial charge on any atom is -0.480 e. The molecule has 6 N–H and O–H groups in total. The number of nitrogens with one attached hydrogen (secondary N) is 2. The molecule has 11 rings (SSSR count). The van der Waals surface area contributed by atoms with E-state index in [0.29, 0.717) is 52.1 Å². The highest BCUT2D eigenvalue weighted by molar-refractivity contribution is 6.34. The first-order valence-corrected chi connectivity index (χ1v) is 40.0. The number of anilines is 1. The Hall–Kier alpha value is -9.14. The number of carbonyl (C=O) groups excluding carboxylic acids is 2. The van der Waals surface area contributed by atoms with Crippen LogP contribution in [0.15, 0.2) is 128 Å². The van der Waals surface area contributed by atoms with Gasteiger partial charge >= 0.3 is 24.0 Å². The summed E-state index contributed by atoms with van der Waals surface area (Å²) in [5.41, 5.74) is 16.8. The quantitative estimate of drug-likeness (QED) is 0.0135. The number of aryl methyl sites for hydroxylation is 9. The van der Waals surface area contributed by atoms with Gasteiger partial charge in [0.05, 0.1) is 57.6 Å². The highest BCUT2D eigenvalue weighted by Gasteiger charge is 2.36. The topological polar surface area (TPSA) is 305 Å². The van der Waals surface area contributed by atoms with E-state index in [9.17, 15) is 33.1 Å². The zero-order chi connectivity index (χ0) is 83.3. The minimum atomic E-state index is -2.98. The number of hydrogen-bond acceptors (Lipinski definition) is 21. The average Bonchev–Trinajstić information content (AvgIpc) is 0.838. The fourth-order valence-corrected chi connectivity index (χ4v) is 14.0. The highest BCUT2D eigenvalue weighted by Crippen LogP contribution is 2.30. The molecule has 0 spiro atoms. The van der Waals surface area contributed by atoms with Gasteiger partial charge in [-0.1, -0.05) is 84.4 Å². The van der Waals surface area contributed by atoms with Crippen LogP contribution in [0.3, 0.4) is 0 Å². The summed E-state index contributed by atoms with van der Waals surface area (Å²) < 4.78 is 115. The summed E-state index contributed by atoms with van der Waals surface area (Å²) in [5.74, 6) is -11.3. The van der Waals surface area contributed by atoms with Crippen LogP contribution in [0.5, 0.6) is 0 Å². The van der Waals surface area contributed by atoms with Crippen molar-refractivity contribution in [1.29, 1.82) is 0 Å². The lowest BCUT2D eigenvalue weighted by Crippen LogP contribution is -2.46. The standard InChI is InChI=1S/C29H39F2N3O5.C28H35F2N5O3.C20H31F2N3O3.C8H5ClN2/c1-37-19-18-34(21-29(30,31)16-14-24-13-12-23-10-6-7-11-25(23)32-24)17-15-26(27(35)38-2)33-28(36)39-20-22-8-4-3-5-9-22;1-38-17-16-35(18-28(29,30)14-12-21-11-10-20-6-2-4-8-23(20)33-21)15-13-25(27(36)37)34-26-22-7-3-5-9-24(22)31-19-32-26;1-28-13-12-25(11-9-17(23)19(26)27)14-20(21,22)10-8-16-7-6-15-4-2-3-5-18(15)24-16;9-8-6-3-1-2-4-7(6)10-5-11-8/h3-5,8-9,12-13,26H,6-7,10-11,14-21H2,1-2H3,(H,33,36);3,5,7,9-11,19,25H,2,4,6,8,12-18H2,1H3,(H,36,37)(H,31,32,34);6-7,17H,2-5,8-14,23H2,1H3,(H,26,27);1-5H/t26-;25-;17-;/m000./s1. The van der Waals surface area contributed by atoms with E-state index in [2.05, 4.69) is 45.5 Å². The molecule has 31 heteroatoms. The number of methoxy groups -OCH3 is 4. The van der Waals surface area contributed by atoms with Gasteiger partial charge in [0.25, 0.3) is 17.8 Å². The van der Waals surface area contributed by atoms with Crippen molar-refractivity contribution in [2.75, 3.05) is 112 Å². The molecule has 0 fully saturated rings. The predicted octanol–water partition coefficient (Wildman–Crippen LogP) is 13.3. The third-order valence-corrected chi connectivity index (χ3v) is 20.6. The van der Waals surface area contributed by atoms with E-state index in [-0.39, 0.29) is 110 Å². The second-order valence-corrected chi connectivity index (χ2v) is 29.6. The smallest absolute Gasteiger partial charge is 0.408 e. The molecule has 0 saturated heterocycles. The van der Waals surface area contributed by atoms with Crippen molar-refractivity contribution in [2.45, 2.75) is 177 Å². The van der Waals surface area contributed by atoms with Gasteiger partial charge < -0.3 is 50.3 Å². The van der Waals surface area contributed by atoms with E-state index in [0.717, 1.165) is 111 Å². The van der Waals surface area contributed by atoms with E-state index in [1.165, 1.54) is 67.6 Å². The van der Waals surface area contributed by atoms with Crippen molar-refractivity contribution < 1.29 is 79.4 Å². The lowest BCUT2D eigenvalue weighted by molar-refractivity contribution is -0.143. The molecule has 1 amide bonds. The van der Waals surface area contributed by atoms with Crippen molar-refractivity contribution in [3.63, 3.8) is 0 Å². The number of fused-ring (bicyclic) bond motifs is 5.